The van der Waals surface area contributed by atoms with Crippen LogP contribution in [0.2, 0.25) is 0 Å². The highest BCUT2D eigenvalue weighted by Crippen LogP contribution is 2.42. The predicted molar refractivity (Wildman–Crippen MR) is 121 cm³/mol. The first-order valence-electron chi connectivity index (χ1n) is 10.2. The smallest absolute Gasteiger partial charge is 0.179 e. The fourth-order valence-corrected chi connectivity index (χ4v) is 3.72. The molecule has 0 N–H and O–H groups in total. The SMILES string of the molecule is CC(C)(OOC(c1ccccc1)(c1ccccc1)c1ccccc1)c1ccccc1. The lowest BCUT2D eigenvalue weighted by Gasteiger charge is -2.37. The first-order chi connectivity index (χ1) is 14.6. The second-order valence-electron chi connectivity index (χ2n) is 7.82. The van der Waals surface area contributed by atoms with Gasteiger partial charge in [0.05, 0.1) is 0 Å². The lowest BCUT2D eigenvalue weighted by Crippen LogP contribution is -2.36. The van der Waals surface area contributed by atoms with Gasteiger partial charge >= 0.3 is 0 Å². The predicted octanol–water partition coefficient (Wildman–Crippen LogP) is 6.86. The molecule has 0 atom stereocenters. The Morgan fingerprint density at radius 1 is 0.400 bits per heavy atom. The monoisotopic (exact) mass is 394 g/mol. The zero-order chi connectivity index (χ0) is 20.9. The average Bonchev–Trinajstić information content (AvgIpc) is 2.82. The van der Waals surface area contributed by atoms with E-state index in [1.165, 1.54) is 0 Å². The van der Waals surface area contributed by atoms with Gasteiger partial charge in [-0.2, -0.15) is 0 Å². The maximum atomic E-state index is 6.51. The van der Waals surface area contributed by atoms with E-state index < -0.39 is 11.2 Å². The van der Waals surface area contributed by atoms with Crippen molar-refractivity contribution in [3.05, 3.63) is 144 Å². The van der Waals surface area contributed by atoms with Crippen molar-refractivity contribution in [2.45, 2.75) is 25.0 Å². The fraction of sp³-hybridized carbons (Fsp3) is 0.143. The highest BCUT2D eigenvalue weighted by atomic mass is 17.2. The number of rotatable bonds is 7. The van der Waals surface area contributed by atoms with Crippen molar-refractivity contribution < 1.29 is 9.78 Å². The third-order valence-electron chi connectivity index (χ3n) is 5.38. The van der Waals surface area contributed by atoms with Gasteiger partial charge in [-0.15, -0.1) is 0 Å². The molecule has 0 unspecified atom stereocenters. The van der Waals surface area contributed by atoms with Gasteiger partial charge in [-0.3, -0.25) is 0 Å². The van der Waals surface area contributed by atoms with Crippen LogP contribution in [0.5, 0.6) is 0 Å². The normalized spacial score (nSPS) is 11.9. The molecular formula is C28H26O2. The molecule has 0 amide bonds. The van der Waals surface area contributed by atoms with Crippen molar-refractivity contribution in [1.29, 1.82) is 0 Å². The molecular weight excluding hydrogens is 368 g/mol. The van der Waals surface area contributed by atoms with Crippen LogP contribution in [0.3, 0.4) is 0 Å². The minimum Gasteiger partial charge on any atom is -0.224 e. The molecule has 0 radical (unpaired) electrons. The number of hydrogen-bond acceptors (Lipinski definition) is 2. The lowest BCUT2D eigenvalue weighted by molar-refractivity contribution is -0.399. The summed E-state index contributed by atoms with van der Waals surface area (Å²) in [5.41, 5.74) is 2.53. The van der Waals surface area contributed by atoms with Crippen LogP contribution < -0.4 is 0 Å². The molecule has 0 aliphatic rings. The third-order valence-corrected chi connectivity index (χ3v) is 5.38. The quantitative estimate of drug-likeness (QED) is 0.194. The zero-order valence-corrected chi connectivity index (χ0v) is 17.4. The molecule has 0 aromatic heterocycles. The van der Waals surface area contributed by atoms with Crippen LogP contribution in [0.4, 0.5) is 0 Å². The van der Waals surface area contributed by atoms with Crippen LogP contribution in [0.25, 0.3) is 0 Å². The zero-order valence-electron chi connectivity index (χ0n) is 17.4. The van der Waals surface area contributed by atoms with E-state index in [1.54, 1.807) is 0 Å². The van der Waals surface area contributed by atoms with Crippen molar-refractivity contribution in [1.82, 2.24) is 0 Å². The summed E-state index contributed by atoms with van der Waals surface area (Å²) in [6.07, 6.45) is 0. The van der Waals surface area contributed by atoms with E-state index in [-0.39, 0.29) is 0 Å². The van der Waals surface area contributed by atoms with Gasteiger partial charge in [-0.1, -0.05) is 121 Å². The molecule has 0 spiro atoms. The van der Waals surface area contributed by atoms with Gasteiger partial charge in [-0.25, -0.2) is 9.78 Å². The Hall–Kier alpha value is -3.20. The molecule has 0 bridgehead atoms. The molecule has 4 aromatic rings. The number of hydrogen-bond donors (Lipinski definition) is 0. The molecule has 2 heteroatoms. The summed E-state index contributed by atoms with van der Waals surface area (Å²) in [6.45, 7) is 4.04. The highest BCUT2D eigenvalue weighted by Gasteiger charge is 2.41. The maximum Gasteiger partial charge on any atom is 0.179 e. The van der Waals surface area contributed by atoms with E-state index in [0.29, 0.717) is 0 Å². The van der Waals surface area contributed by atoms with E-state index in [2.05, 4.69) is 48.5 Å². The molecule has 4 rings (SSSR count). The standard InChI is InChI=1S/C28H26O2/c1-27(2,23-15-7-3-8-16-23)29-30-28(24-17-9-4-10-18-24,25-19-11-5-12-20-25)26-21-13-6-14-22-26/h3-22H,1-2H3. The van der Waals surface area contributed by atoms with E-state index in [0.717, 1.165) is 22.3 Å². The highest BCUT2D eigenvalue weighted by molar-refractivity contribution is 5.47. The summed E-state index contributed by atoms with van der Waals surface area (Å²) >= 11 is 0. The Morgan fingerprint density at radius 2 is 0.700 bits per heavy atom. The van der Waals surface area contributed by atoms with Crippen molar-refractivity contribution >= 4 is 0 Å². The van der Waals surface area contributed by atoms with E-state index in [1.807, 2.05) is 86.6 Å². The molecule has 150 valence electrons. The van der Waals surface area contributed by atoms with Crippen LogP contribution >= 0.6 is 0 Å². The Bertz CT molecular complexity index is 946. The summed E-state index contributed by atoms with van der Waals surface area (Å²) in [5, 5.41) is 0. The Balaban J connectivity index is 1.85. The minimum atomic E-state index is -0.907. The maximum absolute atomic E-state index is 6.51. The van der Waals surface area contributed by atoms with Crippen LogP contribution in [-0.4, -0.2) is 0 Å². The van der Waals surface area contributed by atoms with Gasteiger partial charge in [0, 0.05) is 0 Å². The first kappa shape index (κ1) is 20.1. The van der Waals surface area contributed by atoms with Crippen molar-refractivity contribution in [3.63, 3.8) is 0 Å². The second kappa shape index (κ2) is 8.66. The van der Waals surface area contributed by atoms with E-state index in [4.69, 9.17) is 9.78 Å². The molecule has 4 aromatic carbocycles. The van der Waals surface area contributed by atoms with Gasteiger partial charge in [0.15, 0.2) is 5.60 Å². The molecule has 0 saturated heterocycles. The van der Waals surface area contributed by atoms with Crippen molar-refractivity contribution in [2.75, 3.05) is 0 Å². The van der Waals surface area contributed by atoms with Crippen molar-refractivity contribution in [2.24, 2.45) is 0 Å². The van der Waals surface area contributed by atoms with Gasteiger partial charge in [0.1, 0.15) is 5.60 Å². The Labute approximate surface area is 178 Å². The molecule has 0 aliphatic carbocycles. The van der Waals surface area contributed by atoms with Crippen molar-refractivity contribution in [3.8, 4) is 0 Å². The van der Waals surface area contributed by atoms with Gasteiger partial charge in [-0.05, 0) is 36.1 Å². The fourth-order valence-electron chi connectivity index (χ4n) is 3.72. The molecule has 0 saturated carbocycles. The molecule has 0 fully saturated rings. The largest absolute Gasteiger partial charge is 0.224 e. The Morgan fingerprint density at radius 3 is 1.03 bits per heavy atom. The molecule has 30 heavy (non-hydrogen) atoms. The third kappa shape index (κ3) is 3.93. The summed E-state index contributed by atoms with van der Waals surface area (Å²) in [5.74, 6) is 0. The summed E-state index contributed by atoms with van der Waals surface area (Å²) in [6, 6.07) is 40.8. The van der Waals surface area contributed by atoms with Crippen LogP contribution in [-0.2, 0) is 21.0 Å². The van der Waals surface area contributed by atoms with Gasteiger partial charge in [0.25, 0.3) is 0 Å². The molecule has 0 heterocycles. The topological polar surface area (TPSA) is 18.5 Å². The summed E-state index contributed by atoms with van der Waals surface area (Å²) in [4.78, 5) is 12.8. The van der Waals surface area contributed by atoms with Gasteiger partial charge in [0.2, 0.25) is 0 Å². The van der Waals surface area contributed by atoms with Crippen LogP contribution in [0.1, 0.15) is 36.1 Å². The first-order valence-corrected chi connectivity index (χ1v) is 10.2. The van der Waals surface area contributed by atoms with Crippen LogP contribution in [0.15, 0.2) is 121 Å². The second-order valence-corrected chi connectivity index (χ2v) is 7.82. The molecule has 0 aliphatic heterocycles. The Kier molecular flexibility index (Phi) is 5.80. The van der Waals surface area contributed by atoms with Gasteiger partial charge < -0.3 is 0 Å². The van der Waals surface area contributed by atoms with E-state index >= 15 is 0 Å². The summed E-state index contributed by atoms with van der Waals surface area (Å²) in [7, 11) is 0. The lowest BCUT2D eigenvalue weighted by atomic mass is 9.80. The number of benzene rings is 4. The molecule has 2 nitrogen and oxygen atoms in total. The summed E-state index contributed by atoms with van der Waals surface area (Å²) < 4.78 is 0. The average molecular weight is 395 g/mol. The van der Waals surface area contributed by atoms with Crippen LogP contribution in [0, 0.1) is 0 Å². The van der Waals surface area contributed by atoms with E-state index in [9.17, 15) is 0 Å². The minimum absolute atomic E-state index is 0.634.